The van der Waals surface area contributed by atoms with Crippen LogP contribution in [0.1, 0.15) is 36.9 Å². The molecule has 0 aromatic carbocycles. The summed E-state index contributed by atoms with van der Waals surface area (Å²) in [5, 5.41) is 2.92. The van der Waals surface area contributed by atoms with Gasteiger partial charge >= 0.3 is 12.4 Å². The smallest absolute Gasteiger partial charge is 0.368 e. The molecule has 3 N–H and O–H groups in total. The number of pyridine rings is 1. The first-order valence-corrected chi connectivity index (χ1v) is 7.73. The lowest BCUT2D eigenvalue weighted by Crippen LogP contribution is -2.33. The Morgan fingerprint density at radius 1 is 1.00 bits per heavy atom. The van der Waals surface area contributed by atoms with Gasteiger partial charge in [0, 0.05) is 18.3 Å². The van der Waals surface area contributed by atoms with Crippen molar-refractivity contribution < 1.29 is 26.3 Å². The third-order valence-electron chi connectivity index (χ3n) is 4.31. The molecule has 1 aliphatic rings. The number of fused-ring (bicyclic) bond motifs is 1. The molecular weight excluding hydrogens is 386 g/mol. The lowest BCUT2D eigenvalue weighted by atomic mass is 9.92. The average molecular weight is 403 g/mol. The van der Waals surface area contributed by atoms with Gasteiger partial charge in [-0.05, 0) is 37.8 Å². The molecule has 0 unspecified atom stereocenters. The summed E-state index contributed by atoms with van der Waals surface area (Å²) in [4.78, 5) is 3.30. The Balaban J connectivity index is 0.00000243. The summed E-state index contributed by atoms with van der Waals surface area (Å²) in [5.74, 6) is -0.0618. The third kappa shape index (κ3) is 4.35. The van der Waals surface area contributed by atoms with Crippen LogP contribution in [0.4, 0.5) is 32.2 Å². The van der Waals surface area contributed by atoms with E-state index in [1.807, 2.05) is 0 Å². The van der Waals surface area contributed by atoms with E-state index < -0.39 is 29.3 Å². The molecule has 11 heteroatoms. The highest BCUT2D eigenvalue weighted by molar-refractivity contribution is 5.85. The highest BCUT2D eigenvalue weighted by Gasteiger charge is 2.36. The Bertz CT molecular complexity index is 762. The second-order valence-electron chi connectivity index (χ2n) is 6.24. The minimum Gasteiger partial charge on any atom is -0.368 e. The summed E-state index contributed by atoms with van der Waals surface area (Å²) in [7, 11) is 0. The number of imidazole rings is 1. The number of nitrogens with one attached hydrogen (secondary N) is 1. The molecule has 1 saturated carbocycles. The number of hydrogen-bond acceptors (Lipinski definition) is 3. The van der Waals surface area contributed by atoms with Gasteiger partial charge in [0.05, 0.1) is 5.56 Å². The minimum atomic E-state index is -4.74. The summed E-state index contributed by atoms with van der Waals surface area (Å²) < 4.78 is 78.8. The highest BCUT2D eigenvalue weighted by atomic mass is 35.5. The zero-order valence-electron chi connectivity index (χ0n) is 13.4. The van der Waals surface area contributed by atoms with E-state index in [0.717, 1.165) is 10.5 Å². The summed E-state index contributed by atoms with van der Waals surface area (Å²) in [6.07, 6.45) is -6.03. The Kier molecular flexibility index (Phi) is 5.67. The zero-order chi connectivity index (χ0) is 18.4. The number of halogens is 7. The predicted molar refractivity (Wildman–Crippen MR) is 86.3 cm³/mol. The van der Waals surface area contributed by atoms with Gasteiger partial charge in [0.25, 0.3) is 0 Å². The van der Waals surface area contributed by atoms with Crippen molar-refractivity contribution in [3.05, 3.63) is 29.6 Å². The number of hydrogen-bond donors (Lipinski definition) is 2. The van der Waals surface area contributed by atoms with Crippen molar-refractivity contribution in [2.75, 3.05) is 5.32 Å². The van der Waals surface area contributed by atoms with Crippen LogP contribution in [0.3, 0.4) is 0 Å². The average Bonchev–Trinajstić information content (AvgIpc) is 2.93. The van der Waals surface area contributed by atoms with Crippen molar-refractivity contribution >= 4 is 23.9 Å². The van der Waals surface area contributed by atoms with E-state index in [2.05, 4.69) is 10.3 Å². The summed E-state index contributed by atoms with van der Waals surface area (Å²) >= 11 is 0. The molecule has 0 atom stereocenters. The largest absolute Gasteiger partial charge is 0.434 e. The van der Waals surface area contributed by atoms with Crippen LogP contribution in [0.2, 0.25) is 0 Å². The van der Waals surface area contributed by atoms with E-state index in [4.69, 9.17) is 5.73 Å². The van der Waals surface area contributed by atoms with Gasteiger partial charge in [0.2, 0.25) is 0 Å². The fraction of sp³-hybridized carbons (Fsp3) is 0.533. The first kappa shape index (κ1) is 20.6. The molecule has 1 aliphatic carbocycles. The van der Waals surface area contributed by atoms with Gasteiger partial charge in [0.15, 0.2) is 5.69 Å². The first-order valence-electron chi connectivity index (χ1n) is 7.73. The zero-order valence-corrected chi connectivity index (χ0v) is 14.2. The molecule has 3 rings (SSSR count). The number of alkyl halides is 6. The van der Waals surface area contributed by atoms with Crippen LogP contribution in [0.15, 0.2) is 18.3 Å². The Hall–Kier alpha value is -1.68. The molecule has 0 bridgehead atoms. The summed E-state index contributed by atoms with van der Waals surface area (Å²) in [6, 6.07) is 1.31. The normalized spacial score (nSPS) is 21.5. The molecule has 0 aliphatic heterocycles. The number of anilines is 1. The maximum Gasteiger partial charge on any atom is 0.434 e. The minimum absolute atomic E-state index is 0. The van der Waals surface area contributed by atoms with Gasteiger partial charge in [-0.2, -0.15) is 26.3 Å². The van der Waals surface area contributed by atoms with E-state index in [1.165, 1.54) is 0 Å². The Labute approximate surface area is 151 Å². The molecule has 4 nitrogen and oxygen atoms in total. The van der Waals surface area contributed by atoms with E-state index in [9.17, 15) is 26.3 Å². The molecular formula is C15H17ClF6N4. The van der Waals surface area contributed by atoms with Crippen molar-refractivity contribution in [2.24, 2.45) is 5.73 Å². The van der Waals surface area contributed by atoms with Crippen LogP contribution in [-0.2, 0) is 12.4 Å². The predicted octanol–water partition coefficient (Wildman–Crippen LogP) is 4.48. The molecule has 0 amide bonds. The van der Waals surface area contributed by atoms with Crippen LogP contribution in [0.5, 0.6) is 0 Å². The van der Waals surface area contributed by atoms with Crippen molar-refractivity contribution in [1.82, 2.24) is 9.38 Å². The van der Waals surface area contributed by atoms with Crippen molar-refractivity contribution in [2.45, 2.75) is 50.1 Å². The Morgan fingerprint density at radius 2 is 1.62 bits per heavy atom. The monoisotopic (exact) mass is 402 g/mol. The molecule has 0 saturated heterocycles. The first-order chi connectivity index (χ1) is 11.5. The molecule has 2 aromatic rings. The van der Waals surface area contributed by atoms with Gasteiger partial charge in [0.1, 0.15) is 11.5 Å². The van der Waals surface area contributed by atoms with E-state index in [1.54, 1.807) is 0 Å². The number of nitrogens with two attached hydrogens (primary N) is 1. The molecule has 0 spiro atoms. The van der Waals surface area contributed by atoms with Gasteiger partial charge in [-0.15, -0.1) is 12.4 Å². The van der Waals surface area contributed by atoms with Crippen LogP contribution in [-0.4, -0.2) is 21.5 Å². The van der Waals surface area contributed by atoms with E-state index in [-0.39, 0.29) is 30.3 Å². The third-order valence-corrected chi connectivity index (χ3v) is 4.31. The molecule has 0 radical (unpaired) electrons. The highest BCUT2D eigenvalue weighted by Crippen LogP contribution is 2.35. The van der Waals surface area contributed by atoms with Crippen LogP contribution < -0.4 is 11.1 Å². The SMILES string of the molecule is Cl.NC1CCC(Nc2cc(C(F)(F)F)cc3nc(C(F)(F)F)cn23)CC1. The van der Waals surface area contributed by atoms with Gasteiger partial charge in [-0.3, -0.25) is 4.40 Å². The lowest BCUT2D eigenvalue weighted by Gasteiger charge is -2.28. The van der Waals surface area contributed by atoms with Gasteiger partial charge < -0.3 is 11.1 Å². The van der Waals surface area contributed by atoms with Crippen molar-refractivity contribution in [1.29, 1.82) is 0 Å². The Morgan fingerprint density at radius 3 is 2.15 bits per heavy atom. The van der Waals surface area contributed by atoms with Crippen molar-refractivity contribution in [3.63, 3.8) is 0 Å². The van der Waals surface area contributed by atoms with Gasteiger partial charge in [-0.25, -0.2) is 4.98 Å². The van der Waals surface area contributed by atoms with Crippen molar-refractivity contribution in [3.8, 4) is 0 Å². The maximum absolute atomic E-state index is 13.1. The second-order valence-corrected chi connectivity index (χ2v) is 6.24. The summed E-state index contributed by atoms with van der Waals surface area (Å²) in [5.41, 5.74) is 3.11. The molecule has 2 heterocycles. The van der Waals surface area contributed by atoms with Gasteiger partial charge in [-0.1, -0.05) is 0 Å². The molecule has 2 aromatic heterocycles. The van der Waals surface area contributed by atoms with E-state index in [0.29, 0.717) is 37.9 Å². The van der Waals surface area contributed by atoms with E-state index >= 15 is 0 Å². The quantitative estimate of drug-likeness (QED) is 0.728. The fourth-order valence-electron chi connectivity index (χ4n) is 2.97. The van der Waals surface area contributed by atoms with Crippen LogP contribution >= 0.6 is 12.4 Å². The number of aromatic nitrogens is 2. The number of rotatable bonds is 2. The van der Waals surface area contributed by atoms with Crippen LogP contribution in [0.25, 0.3) is 5.65 Å². The van der Waals surface area contributed by atoms with Crippen LogP contribution in [0, 0.1) is 0 Å². The fourth-order valence-corrected chi connectivity index (χ4v) is 2.97. The standard InChI is InChI=1S/C15H16F6N4.ClH/c16-14(17,18)8-5-12(23-10-3-1-9(22)2-4-10)25-7-11(15(19,20)21)24-13(25)6-8;/h5-7,9-10,23H,1-4,22H2;1H. The lowest BCUT2D eigenvalue weighted by molar-refractivity contribution is -0.140. The summed E-state index contributed by atoms with van der Waals surface area (Å²) in [6.45, 7) is 0. The molecule has 26 heavy (non-hydrogen) atoms. The second kappa shape index (κ2) is 7.15. The topological polar surface area (TPSA) is 55.3 Å². The molecule has 1 fully saturated rings. The molecule has 146 valence electrons. The maximum atomic E-state index is 13.1. The number of nitrogens with zero attached hydrogens (tertiary/aromatic N) is 2.